The summed E-state index contributed by atoms with van der Waals surface area (Å²) >= 11 is 0. The Bertz CT molecular complexity index is 414. The zero-order valence-corrected chi connectivity index (χ0v) is 9.54. The normalized spacial score (nSPS) is 23.9. The van der Waals surface area contributed by atoms with Crippen LogP contribution in [0.25, 0.3) is 0 Å². The van der Waals surface area contributed by atoms with E-state index in [-0.39, 0.29) is 23.8 Å². The van der Waals surface area contributed by atoms with Crippen molar-refractivity contribution in [3.05, 3.63) is 17.7 Å². The first-order valence-electron chi connectivity index (χ1n) is 5.52. The molecule has 17 heavy (non-hydrogen) atoms. The fourth-order valence-electron chi connectivity index (χ4n) is 2.13. The number of hydrogen-bond acceptors (Lipinski definition) is 4. The van der Waals surface area contributed by atoms with Crippen LogP contribution in [0.4, 0.5) is 20.4 Å². The van der Waals surface area contributed by atoms with Crippen LogP contribution in [0.5, 0.6) is 0 Å². The molecule has 1 saturated carbocycles. The smallest absolute Gasteiger partial charge is 0.168 e. The van der Waals surface area contributed by atoms with E-state index in [0.29, 0.717) is 0 Å². The number of nitrogens with zero attached hydrogens (tertiary/aromatic N) is 1. The minimum atomic E-state index is -0.845. The largest absolute Gasteiger partial charge is 0.381 e. The lowest BCUT2D eigenvalue weighted by Crippen LogP contribution is -2.30. The predicted octanol–water partition coefficient (Wildman–Crippen LogP) is 1.92. The molecule has 2 unspecified atom stereocenters. The van der Waals surface area contributed by atoms with Crippen LogP contribution in [-0.4, -0.2) is 24.2 Å². The molecule has 4 nitrogen and oxygen atoms in total. The molecule has 6 heteroatoms. The standard InChI is InChI=1S/C11H15F2N3O/c1-17-9-4-2-3-8(9)15-11-7(13)5-6(12)10(14)16-11/h5,8-9H,2-4H2,1H3,(H3,14,15,16). The van der Waals surface area contributed by atoms with Gasteiger partial charge in [0, 0.05) is 13.2 Å². The quantitative estimate of drug-likeness (QED) is 0.851. The average Bonchev–Trinajstić information content (AvgIpc) is 2.73. The van der Waals surface area contributed by atoms with Crippen molar-refractivity contribution in [2.75, 3.05) is 18.2 Å². The Hall–Kier alpha value is -1.43. The molecule has 2 atom stereocenters. The molecule has 0 amide bonds. The second-order valence-electron chi connectivity index (χ2n) is 4.14. The minimum absolute atomic E-state index is 0.00754. The Morgan fingerprint density at radius 1 is 1.41 bits per heavy atom. The first-order valence-corrected chi connectivity index (χ1v) is 5.52. The van der Waals surface area contributed by atoms with Gasteiger partial charge in [-0.05, 0) is 19.3 Å². The number of nitrogen functional groups attached to an aromatic ring is 1. The van der Waals surface area contributed by atoms with E-state index in [2.05, 4.69) is 10.3 Å². The van der Waals surface area contributed by atoms with E-state index in [9.17, 15) is 8.78 Å². The van der Waals surface area contributed by atoms with E-state index in [1.165, 1.54) is 0 Å². The van der Waals surface area contributed by atoms with Crippen LogP contribution in [0.2, 0.25) is 0 Å². The zero-order valence-electron chi connectivity index (χ0n) is 9.54. The number of nitrogens with two attached hydrogens (primary N) is 1. The molecule has 0 saturated heterocycles. The molecule has 1 aliphatic carbocycles. The second-order valence-corrected chi connectivity index (χ2v) is 4.14. The van der Waals surface area contributed by atoms with Crippen molar-refractivity contribution in [1.29, 1.82) is 0 Å². The van der Waals surface area contributed by atoms with Gasteiger partial charge in [0.1, 0.15) is 0 Å². The summed E-state index contributed by atoms with van der Waals surface area (Å²) in [5, 5.41) is 2.92. The minimum Gasteiger partial charge on any atom is -0.381 e. The molecule has 0 radical (unpaired) electrons. The lowest BCUT2D eigenvalue weighted by atomic mass is 10.2. The van der Waals surface area contributed by atoms with E-state index < -0.39 is 11.6 Å². The molecule has 94 valence electrons. The van der Waals surface area contributed by atoms with Crippen LogP contribution in [0.3, 0.4) is 0 Å². The third-order valence-electron chi connectivity index (χ3n) is 3.03. The molecule has 0 aromatic carbocycles. The number of halogens is 2. The van der Waals surface area contributed by atoms with Crippen LogP contribution < -0.4 is 11.1 Å². The third-order valence-corrected chi connectivity index (χ3v) is 3.03. The van der Waals surface area contributed by atoms with Gasteiger partial charge in [0.2, 0.25) is 0 Å². The number of ether oxygens (including phenoxy) is 1. The highest BCUT2D eigenvalue weighted by molar-refractivity contribution is 5.45. The maximum absolute atomic E-state index is 13.5. The average molecular weight is 243 g/mol. The van der Waals surface area contributed by atoms with E-state index in [1.54, 1.807) is 7.11 Å². The first-order chi connectivity index (χ1) is 8.11. The highest BCUT2D eigenvalue weighted by Crippen LogP contribution is 2.26. The fourth-order valence-corrected chi connectivity index (χ4v) is 2.13. The van der Waals surface area contributed by atoms with Gasteiger partial charge in [-0.25, -0.2) is 13.8 Å². The Morgan fingerprint density at radius 2 is 2.18 bits per heavy atom. The van der Waals surface area contributed by atoms with Crippen molar-refractivity contribution in [3.63, 3.8) is 0 Å². The molecule has 0 bridgehead atoms. The van der Waals surface area contributed by atoms with Gasteiger partial charge in [0.15, 0.2) is 23.3 Å². The Kier molecular flexibility index (Phi) is 3.42. The highest BCUT2D eigenvalue weighted by atomic mass is 19.1. The van der Waals surface area contributed by atoms with Gasteiger partial charge in [-0.15, -0.1) is 0 Å². The Balaban J connectivity index is 2.15. The summed E-state index contributed by atoms with van der Waals surface area (Å²) in [6.07, 6.45) is 2.83. The number of anilines is 2. The summed E-state index contributed by atoms with van der Waals surface area (Å²) in [7, 11) is 1.62. The van der Waals surface area contributed by atoms with Crippen molar-refractivity contribution < 1.29 is 13.5 Å². The number of rotatable bonds is 3. The van der Waals surface area contributed by atoms with Gasteiger partial charge in [0.05, 0.1) is 12.1 Å². The van der Waals surface area contributed by atoms with Crippen LogP contribution >= 0.6 is 0 Å². The van der Waals surface area contributed by atoms with Gasteiger partial charge in [0.25, 0.3) is 0 Å². The lowest BCUT2D eigenvalue weighted by molar-refractivity contribution is 0.101. The second kappa shape index (κ2) is 4.83. The lowest BCUT2D eigenvalue weighted by Gasteiger charge is -2.20. The highest BCUT2D eigenvalue weighted by Gasteiger charge is 2.28. The summed E-state index contributed by atoms with van der Waals surface area (Å²) in [6, 6.07) is 0.730. The number of aromatic nitrogens is 1. The summed E-state index contributed by atoms with van der Waals surface area (Å²) < 4.78 is 31.7. The molecule has 3 N–H and O–H groups in total. The first kappa shape index (κ1) is 12.0. The SMILES string of the molecule is COC1CCCC1Nc1nc(N)c(F)cc1F. The van der Waals surface area contributed by atoms with E-state index in [0.717, 1.165) is 25.3 Å². The van der Waals surface area contributed by atoms with Crippen molar-refractivity contribution in [1.82, 2.24) is 4.98 Å². The van der Waals surface area contributed by atoms with Crippen LogP contribution in [0, 0.1) is 11.6 Å². The Morgan fingerprint density at radius 3 is 2.88 bits per heavy atom. The number of nitrogens with one attached hydrogen (secondary N) is 1. The summed E-state index contributed by atoms with van der Waals surface area (Å²) in [6.45, 7) is 0. The zero-order chi connectivity index (χ0) is 12.4. The molecule has 1 aliphatic rings. The molecular formula is C11H15F2N3O. The summed E-state index contributed by atoms with van der Waals surface area (Å²) in [4.78, 5) is 3.67. The summed E-state index contributed by atoms with van der Waals surface area (Å²) in [5.41, 5.74) is 5.31. The van der Waals surface area contributed by atoms with Gasteiger partial charge in [-0.1, -0.05) is 0 Å². The van der Waals surface area contributed by atoms with Crippen LogP contribution in [-0.2, 0) is 4.74 Å². The van der Waals surface area contributed by atoms with Crippen LogP contribution in [0.15, 0.2) is 6.07 Å². The number of pyridine rings is 1. The third kappa shape index (κ3) is 2.46. The van der Waals surface area contributed by atoms with Crippen LogP contribution in [0.1, 0.15) is 19.3 Å². The van der Waals surface area contributed by atoms with Crippen molar-refractivity contribution in [3.8, 4) is 0 Å². The molecular weight excluding hydrogens is 228 g/mol. The number of hydrogen-bond donors (Lipinski definition) is 2. The molecule has 1 aromatic rings. The van der Waals surface area contributed by atoms with Gasteiger partial charge in [-0.3, -0.25) is 0 Å². The topological polar surface area (TPSA) is 60.2 Å². The monoisotopic (exact) mass is 243 g/mol. The molecule has 0 spiro atoms. The maximum atomic E-state index is 13.5. The van der Waals surface area contributed by atoms with E-state index in [4.69, 9.17) is 10.5 Å². The number of methoxy groups -OCH3 is 1. The summed E-state index contributed by atoms with van der Waals surface area (Å²) in [5.74, 6) is -1.90. The molecule has 1 heterocycles. The van der Waals surface area contributed by atoms with Gasteiger partial charge < -0.3 is 15.8 Å². The Labute approximate surface area is 98.2 Å². The van der Waals surface area contributed by atoms with Gasteiger partial charge in [-0.2, -0.15) is 0 Å². The fraction of sp³-hybridized carbons (Fsp3) is 0.545. The predicted molar refractivity (Wildman–Crippen MR) is 60.6 cm³/mol. The molecule has 0 aliphatic heterocycles. The molecule has 1 aromatic heterocycles. The van der Waals surface area contributed by atoms with Gasteiger partial charge >= 0.3 is 0 Å². The van der Waals surface area contributed by atoms with Crippen molar-refractivity contribution in [2.45, 2.75) is 31.4 Å². The van der Waals surface area contributed by atoms with E-state index >= 15 is 0 Å². The molecule has 1 fully saturated rings. The van der Waals surface area contributed by atoms with Crippen molar-refractivity contribution >= 4 is 11.6 Å². The van der Waals surface area contributed by atoms with Crippen molar-refractivity contribution in [2.24, 2.45) is 0 Å². The van der Waals surface area contributed by atoms with E-state index in [1.807, 2.05) is 0 Å². The molecule has 2 rings (SSSR count). The maximum Gasteiger partial charge on any atom is 0.168 e.